The van der Waals surface area contributed by atoms with E-state index in [1.54, 1.807) is 25.6 Å². The van der Waals surface area contributed by atoms with Gasteiger partial charge in [-0.05, 0) is 33.1 Å². The van der Waals surface area contributed by atoms with Crippen LogP contribution >= 0.6 is 0 Å². The van der Waals surface area contributed by atoms with Gasteiger partial charge < -0.3 is 4.90 Å². The molecule has 1 aromatic heterocycles. The highest BCUT2D eigenvalue weighted by Crippen LogP contribution is 2.31. The molecule has 23 heavy (non-hydrogen) atoms. The van der Waals surface area contributed by atoms with Gasteiger partial charge >= 0.3 is 0 Å². The Morgan fingerprint density at radius 3 is 2.39 bits per heavy atom. The number of amides is 1. The highest BCUT2D eigenvalue weighted by Gasteiger charge is 2.36. The molecule has 0 spiro atoms. The van der Waals surface area contributed by atoms with Crippen molar-refractivity contribution >= 4 is 15.9 Å². The molecular weight excluding hydrogens is 316 g/mol. The van der Waals surface area contributed by atoms with E-state index < -0.39 is 10.0 Å². The molecule has 3 rings (SSSR count). The van der Waals surface area contributed by atoms with Gasteiger partial charge in [0.1, 0.15) is 4.90 Å². The Morgan fingerprint density at radius 1 is 1.13 bits per heavy atom. The van der Waals surface area contributed by atoms with Crippen molar-refractivity contribution in [2.45, 2.75) is 38.0 Å². The minimum atomic E-state index is -3.57. The molecule has 8 heteroatoms. The van der Waals surface area contributed by atoms with Crippen molar-refractivity contribution in [2.24, 2.45) is 13.0 Å². The number of aromatic nitrogens is 2. The molecule has 0 atom stereocenters. The maximum atomic E-state index is 13.0. The van der Waals surface area contributed by atoms with Crippen molar-refractivity contribution in [1.82, 2.24) is 19.0 Å². The molecule has 1 amide bonds. The Hall–Kier alpha value is -1.41. The second kappa shape index (κ2) is 5.90. The molecule has 0 N–H and O–H groups in total. The van der Waals surface area contributed by atoms with Crippen molar-refractivity contribution in [2.75, 3.05) is 26.2 Å². The molecule has 2 heterocycles. The summed E-state index contributed by atoms with van der Waals surface area (Å²) in [6.45, 7) is 5.42. The number of hydrogen-bond acceptors (Lipinski definition) is 4. The maximum Gasteiger partial charge on any atom is 0.246 e. The predicted molar refractivity (Wildman–Crippen MR) is 85.4 cm³/mol. The summed E-state index contributed by atoms with van der Waals surface area (Å²) in [4.78, 5) is 14.3. The molecule has 2 fully saturated rings. The van der Waals surface area contributed by atoms with Crippen LogP contribution in [0.5, 0.6) is 0 Å². The molecule has 2 aliphatic rings. The van der Waals surface area contributed by atoms with E-state index in [2.05, 4.69) is 5.10 Å². The van der Waals surface area contributed by atoms with Crippen LogP contribution in [0.2, 0.25) is 0 Å². The van der Waals surface area contributed by atoms with Crippen LogP contribution in [0.1, 0.15) is 30.7 Å². The van der Waals surface area contributed by atoms with Crippen LogP contribution in [0.3, 0.4) is 0 Å². The average molecular weight is 340 g/mol. The van der Waals surface area contributed by atoms with Gasteiger partial charge in [0, 0.05) is 39.1 Å². The Bertz CT molecular complexity index is 721. The lowest BCUT2D eigenvalue weighted by molar-refractivity contribution is -0.132. The van der Waals surface area contributed by atoms with Gasteiger partial charge in [0.2, 0.25) is 15.9 Å². The minimum Gasteiger partial charge on any atom is -0.341 e. The van der Waals surface area contributed by atoms with E-state index in [0.29, 0.717) is 48.9 Å². The van der Waals surface area contributed by atoms with Crippen LogP contribution < -0.4 is 0 Å². The van der Waals surface area contributed by atoms with Crippen LogP contribution in [-0.2, 0) is 21.9 Å². The SMILES string of the molecule is Cc1nn(C)c(C)c1S(=O)(=O)N1CCCN(C(=O)C2CC2)CC1. The number of carbonyl (C=O) groups excluding carboxylic acids is 1. The lowest BCUT2D eigenvalue weighted by atomic mass is 10.3. The van der Waals surface area contributed by atoms with Crippen LogP contribution in [0.25, 0.3) is 0 Å². The Kier molecular flexibility index (Phi) is 4.22. The number of sulfonamides is 1. The lowest BCUT2D eigenvalue weighted by Gasteiger charge is -2.22. The largest absolute Gasteiger partial charge is 0.341 e. The smallest absolute Gasteiger partial charge is 0.246 e. The van der Waals surface area contributed by atoms with E-state index in [1.807, 2.05) is 4.90 Å². The molecule has 1 saturated carbocycles. The van der Waals surface area contributed by atoms with Crippen LogP contribution in [-0.4, -0.2) is 59.5 Å². The first-order chi connectivity index (χ1) is 10.8. The summed E-state index contributed by atoms with van der Waals surface area (Å²) in [5.74, 6) is 0.374. The quantitative estimate of drug-likeness (QED) is 0.810. The first-order valence-corrected chi connectivity index (χ1v) is 9.55. The molecule has 0 unspecified atom stereocenters. The van der Waals surface area contributed by atoms with Gasteiger partial charge in [-0.2, -0.15) is 9.40 Å². The Balaban J connectivity index is 1.79. The summed E-state index contributed by atoms with van der Waals surface area (Å²) in [5.41, 5.74) is 1.18. The van der Waals surface area contributed by atoms with Gasteiger partial charge in [-0.15, -0.1) is 0 Å². The van der Waals surface area contributed by atoms with Gasteiger partial charge in [0.15, 0.2) is 0 Å². The summed E-state index contributed by atoms with van der Waals surface area (Å²) in [6.07, 6.45) is 2.63. The molecule has 1 aliphatic heterocycles. The first-order valence-electron chi connectivity index (χ1n) is 8.11. The first kappa shape index (κ1) is 16.4. The number of carbonyl (C=O) groups is 1. The van der Waals surface area contributed by atoms with Gasteiger partial charge in [-0.1, -0.05) is 0 Å². The van der Waals surface area contributed by atoms with Gasteiger partial charge in [-0.25, -0.2) is 8.42 Å². The summed E-state index contributed by atoms with van der Waals surface area (Å²) in [5, 5.41) is 4.22. The van der Waals surface area contributed by atoms with E-state index in [0.717, 1.165) is 12.8 Å². The zero-order chi connectivity index (χ0) is 16.8. The Morgan fingerprint density at radius 2 is 1.83 bits per heavy atom. The number of nitrogens with zero attached hydrogens (tertiary/aromatic N) is 4. The second-order valence-electron chi connectivity index (χ2n) is 6.48. The van der Waals surface area contributed by atoms with E-state index >= 15 is 0 Å². The number of aryl methyl sites for hydroxylation is 2. The van der Waals surface area contributed by atoms with E-state index in [1.165, 1.54) is 4.31 Å². The summed E-state index contributed by atoms with van der Waals surface area (Å²) in [6, 6.07) is 0. The highest BCUT2D eigenvalue weighted by atomic mass is 32.2. The predicted octanol–water partition coefficient (Wildman–Crippen LogP) is 0.670. The van der Waals surface area contributed by atoms with E-state index in [4.69, 9.17) is 0 Å². The van der Waals surface area contributed by atoms with E-state index in [9.17, 15) is 13.2 Å². The average Bonchev–Trinajstić information content (AvgIpc) is 3.29. The molecule has 0 bridgehead atoms. The second-order valence-corrected chi connectivity index (χ2v) is 8.36. The third kappa shape index (κ3) is 3.01. The molecule has 1 aromatic rings. The summed E-state index contributed by atoms with van der Waals surface area (Å²) < 4.78 is 29.1. The van der Waals surface area contributed by atoms with Crippen molar-refractivity contribution in [3.8, 4) is 0 Å². The molecule has 0 radical (unpaired) electrons. The van der Waals surface area contributed by atoms with Crippen molar-refractivity contribution in [1.29, 1.82) is 0 Å². The molecule has 7 nitrogen and oxygen atoms in total. The fourth-order valence-electron chi connectivity index (χ4n) is 3.20. The number of hydrogen-bond donors (Lipinski definition) is 0. The highest BCUT2D eigenvalue weighted by molar-refractivity contribution is 7.89. The topological polar surface area (TPSA) is 75.5 Å². The van der Waals surface area contributed by atoms with Gasteiger partial charge in [0.05, 0.1) is 11.4 Å². The van der Waals surface area contributed by atoms with Gasteiger partial charge in [-0.3, -0.25) is 9.48 Å². The summed E-state index contributed by atoms with van der Waals surface area (Å²) in [7, 11) is -1.82. The third-order valence-electron chi connectivity index (χ3n) is 4.73. The normalized spacial score (nSPS) is 20.6. The third-order valence-corrected chi connectivity index (χ3v) is 6.89. The van der Waals surface area contributed by atoms with Crippen LogP contribution in [0, 0.1) is 19.8 Å². The summed E-state index contributed by atoms with van der Waals surface area (Å²) >= 11 is 0. The minimum absolute atomic E-state index is 0.181. The Labute approximate surface area is 137 Å². The van der Waals surface area contributed by atoms with Crippen LogP contribution in [0.4, 0.5) is 0 Å². The lowest BCUT2D eigenvalue weighted by Crippen LogP contribution is -2.38. The maximum absolute atomic E-state index is 13.0. The standard InChI is InChI=1S/C15H24N4O3S/c1-11-14(12(2)17(3)16-11)23(21,22)19-8-4-7-18(9-10-19)15(20)13-5-6-13/h13H,4-10H2,1-3H3. The molecule has 0 aromatic carbocycles. The van der Waals surface area contributed by atoms with Crippen molar-refractivity contribution in [3.63, 3.8) is 0 Å². The fourth-order valence-corrected chi connectivity index (χ4v) is 5.07. The monoisotopic (exact) mass is 340 g/mol. The number of rotatable bonds is 3. The van der Waals surface area contributed by atoms with Crippen molar-refractivity contribution < 1.29 is 13.2 Å². The fraction of sp³-hybridized carbons (Fsp3) is 0.733. The van der Waals surface area contributed by atoms with Crippen molar-refractivity contribution in [3.05, 3.63) is 11.4 Å². The molecule has 1 aliphatic carbocycles. The van der Waals surface area contributed by atoms with E-state index in [-0.39, 0.29) is 11.8 Å². The van der Waals surface area contributed by atoms with Crippen LogP contribution in [0.15, 0.2) is 4.90 Å². The molecule has 128 valence electrons. The zero-order valence-corrected chi connectivity index (χ0v) is 14.8. The molecule has 1 saturated heterocycles. The zero-order valence-electron chi connectivity index (χ0n) is 13.9. The van der Waals surface area contributed by atoms with Gasteiger partial charge in [0.25, 0.3) is 0 Å². The molecular formula is C15H24N4O3S.